The van der Waals surface area contributed by atoms with Crippen molar-refractivity contribution in [1.82, 2.24) is 0 Å². The van der Waals surface area contributed by atoms with Gasteiger partial charge in [-0.15, -0.1) is 0 Å². The monoisotopic (exact) mass is 424 g/mol. The summed E-state index contributed by atoms with van der Waals surface area (Å²) < 4.78 is 30.5. The first-order valence-electron chi connectivity index (χ1n) is 10.7. The van der Waals surface area contributed by atoms with Crippen LogP contribution in [0.4, 0.5) is 0 Å². The van der Waals surface area contributed by atoms with E-state index in [1.807, 2.05) is 0 Å². The minimum Gasteiger partial charge on any atom is -0.469 e. The molecule has 0 aromatic heterocycles. The first kappa shape index (κ1) is 25.3. The van der Waals surface area contributed by atoms with E-state index < -0.39 is 15.1 Å². The summed E-state index contributed by atoms with van der Waals surface area (Å²) in [6.45, 7) is 1.51. The molecule has 1 aromatic carbocycles. The first-order chi connectivity index (χ1) is 13.9. The summed E-state index contributed by atoms with van der Waals surface area (Å²) in [7, 11) is -1.99. The Kier molecular flexibility index (Phi) is 12.5. The minimum absolute atomic E-state index is 0.0328. The maximum Gasteiger partial charge on any atom is 0.305 e. The number of esters is 1. The lowest BCUT2D eigenvalue weighted by molar-refractivity contribution is -0.140. The number of sulfone groups is 1. The summed E-state index contributed by atoms with van der Waals surface area (Å²) in [5.74, 6) is -0.111. The van der Waals surface area contributed by atoms with Crippen molar-refractivity contribution >= 4 is 21.6 Å². The number of carbonyl (C=O) groups is 2. The highest BCUT2D eigenvalue weighted by Crippen LogP contribution is 2.24. The van der Waals surface area contributed by atoms with Gasteiger partial charge in [0.25, 0.3) is 0 Å². The van der Waals surface area contributed by atoms with E-state index in [1.165, 1.54) is 14.0 Å². The third kappa shape index (κ3) is 10.6. The lowest BCUT2D eigenvalue weighted by atomic mass is 10.0. The molecule has 0 aliphatic carbocycles. The summed E-state index contributed by atoms with van der Waals surface area (Å²) in [5, 5.41) is -0.493. The summed E-state index contributed by atoms with van der Waals surface area (Å²) in [4.78, 5) is 22.8. The van der Waals surface area contributed by atoms with Gasteiger partial charge < -0.3 is 9.53 Å². The highest BCUT2D eigenvalue weighted by molar-refractivity contribution is 7.92. The van der Waals surface area contributed by atoms with E-state index in [4.69, 9.17) is 0 Å². The van der Waals surface area contributed by atoms with Crippen molar-refractivity contribution < 1.29 is 22.7 Å². The Morgan fingerprint density at radius 3 is 1.93 bits per heavy atom. The Balaban J connectivity index is 2.33. The molecule has 29 heavy (non-hydrogen) atoms. The maximum absolute atomic E-state index is 12.9. The Morgan fingerprint density at radius 2 is 1.38 bits per heavy atom. The van der Waals surface area contributed by atoms with Gasteiger partial charge in [-0.3, -0.25) is 4.79 Å². The summed E-state index contributed by atoms with van der Waals surface area (Å²) >= 11 is 0. The zero-order chi connectivity index (χ0) is 21.5. The van der Waals surface area contributed by atoms with Crippen LogP contribution in [0.1, 0.15) is 84.0 Å². The van der Waals surface area contributed by atoms with Crippen molar-refractivity contribution in [3.8, 4) is 0 Å². The summed E-state index contributed by atoms with van der Waals surface area (Å²) in [6.07, 6.45) is 10.0. The number of rotatable bonds is 16. The fourth-order valence-corrected chi connectivity index (χ4v) is 5.25. The van der Waals surface area contributed by atoms with E-state index in [0.29, 0.717) is 30.6 Å². The van der Waals surface area contributed by atoms with Crippen LogP contribution in [0.3, 0.4) is 0 Å². The van der Waals surface area contributed by atoms with Crippen LogP contribution in [-0.2, 0) is 24.2 Å². The number of ether oxygens (including phenoxy) is 1. The smallest absolute Gasteiger partial charge is 0.305 e. The van der Waals surface area contributed by atoms with Gasteiger partial charge >= 0.3 is 5.97 Å². The molecule has 0 N–H and O–H groups in total. The quantitative estimate of drug-likeness (QED) is 0.267. The zero-order valence-corrected chi connectivity index (χ0v) is 18.7. The zero-order valence-electron chi connectivity index (χ0n) is 17.9. The van der Waals surface area contributed by atoms with Crippen molar-refractivity contribution in [2.45, 2.75) is 94.1 Å². The maximum atomic E-state index is 12.9. The second-order valence-corrected chi connectivity index (χ2v) is 9.89. The summed E-state index contributed by atoms with van der Waals surface area (Å²) in [6, 6.07) is 8.55. The molecule has 1 unspecified atom stereocenters. The molecule has 0 spiro atoms. The van der Waals surface area contributed by atoms with Gasteiger partial charge in [0.15, 0.2) is 9.84 Å². The molecule has 1 rings (SSSR count). The van der Waals surface area contributed by atoms with Crippen LogP contribution in [0.25, 0.3) is 0 Å². The fraction of sp³-hybridized carbons (Fsp3) is 0.652. The normalized spacial score (nSPS) is 12.5. The Bertz CT molecular complexity index is 697. The Labute approximate surface area is 176 Å². The Hall–Kier alpha value is -1.69. The molecule has 6 heteroatoms. The van der Waals surface area contributed by atoms with E-state index in [1.54, 1.807) is 30.3 Å². The van der Waals surface area contributed by atoms with Crippen molar-refractivity contribution in [3.63, 3.8) is 0 Å². The van der Waals surface area contributed by atoms with Crippen LogP contribution in [-0.4, -0.2) is 32.5 Å². The van der Waals surface area contributed by atoms with E-state index in [0.717, 1.165) is 51.4 Å². The second-order valence-electron chi connectivity index (χ2n) is 7.66. The van der Waals surface area contributed by atoms with Crippen LogP contribution in [0.5, 0.6) is 0 Å². The topological polar surface area (TPSA) is 77.5 Å². The van der Waals surface area contributed by atoms with E-state index >= 15 is 0 Å². The van der Waals surface area contributed by atoms with Crippen molar-refractivity contribution in [1.29, 1.82) is 0 Å². The highest BCUT2D eigenvalue weighted by atomic mass is 32.2. The molecule has 0 radical (unpaired) electrons. The minimum atomic E-state index is -3.40. The molecule has 0 heterocycles. The fourth-order valence-electron chi connectivity index (χ4n) is 3.43. The van der Waals surface area contributed by atoms with Gasteiger partial charge in [0.05, 0.1) is 17.3 Å². The lowest BCUT2D eigenvalue weighted by Gasteiger charge is -2.17. The molecule has 0 amide bonds. The largest absolute Gasteiger partial charge is 0.469 e. The van der Waals surface area contributed by atoms with E-state index in [9.17, 15) is 18.0 Å². The number of carbonyl (C=O) groups excluding carboxylic acids is 2. The molecule has 1 atom stereocenters. The molecule has 0 bridgehead atoms. The van der Waals surface area contributed by atoms with Gasteiger partial charge in [0.1, 0.15) is 5.78 Å². The number of hydrogen-bond donors (Lipinski definition) is 0. The Morgan fingerprint density at radius 1 is 0.828 bits per heavy atom. The van der Waals surface area contributed by atoms with Gasteiger partial charge in [0.2, 0.25) is 0 Å². The van der Waals surface area contributed by atoms with Gasteiger partial charge in [-0.05, 0) is 38.3 Å². The molecular formula is C23H36O5S. The predicted molar refractivity (Wildman–Crippen MR) is 116 cm³/mol. The van der Waals surface area contributed by atoms with Gasteiger partial charge in [-0.1, -0.05) is 63.1 Å². The number of hydrogen-bond acceptors (Lipinski definition) is 5. The molecule has 5 nitrogen and oxygen atoms in total. The van der Waals surface area contributed by atoms with Crippen molar-refractivity contribution in [3.05, 3.63) is 30.3 Å². The average molecular weight is 425 g/mol. The first-order valence-corrected chi connectivity index (χ1v) is 12.3. The lowest BCUT2D eigenvalue weighted by Crippen LogP contribution is -2.22. The average Bonchev–Trinajstić information content (AvgIpc) is 2.71. The molecule has 0 aliphatic rings. The number of ketones is 1. The molecule has 1 aromatic rings. The SMILES string of the molecule is COC(=O)CCCCCCCCCCC(CCC(C)=O)S(=O)(=O)c1ccccc1. The van der Waals surface area contributed by atoms with Gasteiger partial charge in [0, 0.05) is 12.8 Å². The molecule has 0 saturated heterocycles. The number of methoxy groups -OCH3 is 1. The standard InChI is InChI=1S/C23H36O5S/c1-20(24)18-19-22(29(26,27)21-14-11-9-12-15-21)16-10-7-5-3-4-6-8-13-17-23(25)28-2/h9,11-12,14-15,22H,3-8,10,13,16-19H2,1-2H3. The van der Waals surface area contributed by atoms with Crippen molar-refractivity contribution in [2.24, 2.45) is 0 Å². The van der Waals surface area contributed by atoms with E-state index in [-0.39, 0.29) is 11.8 Å². The third-order valence-corrected chi connectivity index (χ3v) is 7.49. The number of Topliss-reactive ketones (excluding diaryl/α,β-unsaturated/α-hetero) is 1. The predicted octanol–water partition coefficient (Wildman–Crippen LogP) is 5.27. The summed E-state index contributed by atoms with van der Waals surface area (Å²) in [5.41, 5.74) is 0. The van der Waals surface area contributed by atoms with Crippen LogP contribution in [0, 0.1) is 0 Å². The van der Waals surface area contributed by atoms with Gasteiger partial charge in [-0.2, -0.15) is 0 Å². The second kappa shape index (κ2) is 14.3. The van der Waals surface area contributed by atoms with Crippen molar-refractivity contribution in [2.75, 3.05) is 7.11 Å². The molecule has 0 saturated carbocycles. The molecular weight excluding hydrogens is 388 g/mol. The number of benzene rings is 1. The highest BCUT2D eigenvalue weighted by Gasteiger charge is 2.26. The molecule has 164 valence electrons. The molecule has 0 fully saturated rings. The van der Waals surface area contributed by atoms with Crippen LogP contribution < -0.4 is 0 Å². The molecule has 0 aliphatic heterocycles. The van der Waals surface area contributed by atoms with E-state index in [2.05, 4.69) is 4.74 Å². The van der Waals surface area contributed by atoms with Crippen LogP contribution in [0.2, 0.25) is 0 Å². The van der Waals surface area contributed by atoms with Crippen LogP contribution in [0.15, 0.2) is 35.2 Å². The van der Waals surface area contributed by atoms with Gasteiger partial charge in [-0.25, -0.2) is 8.42 Å². The number of unbranched alkanes of at least 4 members (excludes halogenated alkanes) is 7. The van der Waals surface area contributed by atoms with Crippen LogP contribution >= 0.6 is 0 Å². The third-order valence-electron chi connectivity index (χ3n) is 5.21.